The molecule has 0 saturated heterocycles. The molecule has 1 N–H and O–H groups in total. The Bertz CT molecular complexity index is 336. The summed E-state index contributed by atoms with van der Waals surface area (Å²) in [5.41, 5.74) is 0.626. The minimum absolute atomic E-state index is 0.469. The van der Waals surface area contributed by atoms with Gasteiger partial charge < -0.3 is 5.11 Å². The number of hydrogen-bond acceptors (Lipinski definition) is 2. The van der Waals surface area contributed by atoms with E-state index in [1.807, 2.05) is 11.8 Å². The van der Waals surface area contributed by atoms with Crippen molar-refractivity contribution >= 4 is 11.8 Å². The van der Waals surface area contributed by atoms with Crippen LogP contribution in [0.5, 0.6) is 0 Å². The van der Waals surface area contributed by atoms with Crippen molar-refractivity contribution in [2.24, 2.45) is 0 Å². The van der Waals surface area contributed by atoms with Crippen molar-refractivity contribution in [2.75, 3.05) is 0 Å². The van der Waals surface area contributed by atoms with Crippen molar-refractivity contribution in [3.8, 4) is 0 Å². The first-order chi connectivity index (χ1) is 6.76. The van der Waals surface area contributed by atoms with Crippen LogP contribution in [-0.2, 0) is 5.60 Å². The summed E-state index contributed by atoms with van der Waals surface area (Å²) in [7, 11) is 0. The van der Waals surface area contributed by atoms with Gasteiger partial charge in [0, 0.05) is 10.1 Å². The molecule has 1 aromatic carbocycles. The van der Waals surface area contributed by atoms with E-state index in [2.05, 4.69) is 24.3 Å². The fourth-order valence-electron chi connectivity index (χ4n) is 1.63. The Morgan fingerprint density at radius 2 is 1.79 bits per heavy atom. The Morgan fingerprint density at radius 1 is 1.14 bits per heavy atom. The first-order valence-electron chi connectivity index (χ1n) is 5.26. The highest BCUT2D eigenvalue weighted by atomic mass is 32.2. The lowest BCUT2D eigenvalue weighted by atomic mass is 10.1. The van der Waals surface area contributed by atoms with E-state index in [1.54, 1.807) is 0 Å². The van der Waals surface area contributed by atoms with E-state index in [4.69, 9.17) is 0 Å². The van der Waals surface area contributed by atoms with E-state index in [9.17, 15) is 5.11 Å². The van der Waals surface area contributed by atoms with Gasteiger partial charge in [-0.3, -0.25) is 0 Å². The highest BCUT2D eigenvalue weighted by Crippen LogP contribution is 2.46. The summed E-state index contributed by atoms with van der Waals surface area (Å²) in [5.74, 6) is 0. The van der Waals surface area contributed by atoms with Gasteiger partial charge >= 0.3 is 0 Å². The molecule has 0 amide bonds. The third kappa shape index (κ3) is 1.69. The van der Waals surface area contributed by atoms with E-state index in [0.29, 0.717) is 0 Å². The molecule has 0 spiro atoms. The average Bonchev–Trinajstić information content (AvgIpc) is 3.06. The number of aliphatic hydroxyl groups is 1. The molecule has 2 aliphatic rings. The van der Waals surface area contributed by atoms with Gasteiger partial charge in [0.1, 0.15) is 0 Å². The van der Waals surface area contributed by atoms with Gasteiger partial charge in [0.2, 0.25) is 0 Å². The predicted molar refractivity (Wildman–Crippen MR) is 58.5 cm³/mol. The lowest BCUT2D eigenvalue weighted by Crippen LogP contribution is -2.03. The first kappa shape index (κ1) is 8.81. The van der Waals surface area contributed by atoms with Crippen molar-refractivity contribution in [1.82, 2.24) is 0 Å². The van der Waals surface area contributed by atoms with Crippen molar-refractivity contribution in [2.45, 2.75) is 41.4 Å². The molecule has 0 bridgehead atoms. The van der Waals surface area contributed by atoms with Crippen molar-refractivity contribution in [3.63, 3.8) is 0 Å². The van der Waals surface area contributed by atoms with E-state index in [1.165, 1.54) is 17.7 Å². The first-order valence-corrected chi connectivity index (χ1v) is 6.14. The Hall–Kier alpha value is -0.470. The highest BCUT2D eigenvalue weighted by Gasteiger charge is 2.41. The zero-order chi connectivity index (χ0) is 9.60. The Balaban J connectivity index is 1.76. The molecular formula is C12H14OS. The molecule has 2 aliphatic carbocycles. The van der Waals surface area contributed by atoms with Crippen molar-refractivity contribution in [1.29, 1.82) is 0 Å². The third-order valence-corrected chi connectivity index (χ3v) is 4.29. The largest absolute Gasteiger partial charge is 0.385 e. The second kappa shape index (κ2) is 3.01. The maximum absolute atomic E-state index is 9.88. The van der Waals surface area contributed by atoms with Gasteiger partial charge in [-0.25, -0.2) is 0 Å². The monoisotopic (exact) mass is 206 g/mol. The summed E-state index contributed by atoms with van der Waals surface area (Å²) in [6.45, 7) is 0. The van der Waals surface area contributed by atoms with E-state index >= 15 is 0 Å². The smallest absolute Gasteiger partial charge is 0.0899 e. The second-order valence-electron chi connectivity index (χ2n) is 4.37. The molecule has 1 nitrogen and oxygen atoms in total. The lowest BCUT2D eigenvalue weighted by Gasteiger charge is -2.08. The molecule has 0 atom stereocenters. The van der Waals surface area contributed by atoms with E-state index < -0.39 is 5.60 Å². The number of rotatable bonds is 3. The number of thioether (sulfide) groups is 1. The molecule has 3 rings (SSSR count). The van der Waals surface area contributed by atoms with Gasteiger partial charge in [-0.1, -0.05) is 12.1 Å². The molecular weight excluding hydrogens is 192 g/mol. The van der Waals surface area contributed by atoms with Gasteiger partial charge in [0.15, 0.2) is 0 Å². The summed E-state index contributed by atoms with van der Waals surface area (Å²) in [4.78, 5) is 1.35. The van der Waals surface area contributed by atoms with E-state index in [-0.39, 0.29) is 0 Å². The Kier molecular flexibility index (Phi) is 1.89. The van der Waals surface area contributed by atoms with Gasteiger partial charge in [-0.2, -0.15) is 0 Å². The highest BCUT2D eigenvalue weighted by molar-refractivity contribution is 8.00. The van der Waals surface area contributed by atoms with Crippen LogP contribution in [-0.4, -0.2) is 10.4 Å². The standard InChI is InChI=1S/C12H14OS/c13-12(7-8-12)9-1-3-10(4-2-9)14-11-5-6-11/h1-4,11,13H,5-8H2. The fraction of sp³-hybridized carbons (Fsp3) is 0.500. The summed E-state index contributed by atoms with van der Waals surface area (Å²) in [5, 5.41) is 10.7. The minimum Gasteiger partial charge on any atom is -0.385 e. The van der Waals surface area contributed by atoms with Crippen LogP contribution in [0.3, 0.4) is 0 Å². The molecule has 14 heavy (non-hydrogen) atoms. The molecule has 0 heterocycles. The zero-order valence-electron chi connectivity index (χ0n) is 8.07. The van der Waals surface area contributed by atoms with Crippen LogP contribution < -0.4 is 0 Å². The average molecular weight is 206 g/mol. The predicted octanol–water partition coefficient (Wildman–Crippen LogP) is 2.92. The number of hydrogen-bond donors (Lipinski definition) is 1. The van der Waals surface area contributed by atoms with Crippen LogP contribution in [0.25, 0.3) is 0 Å². The maximum atomic E-state index is 9.88. The quantitative estimate of drug-likeness (QED) is 0.820. The van der Waals surface area contributed by atoms with Crippen molar-refractivity contribution in [3.05, 3.63) is 29.8 Å². The van der Waals surface area contributed by atoms with Crippen LogP contribution in [0.15, 0.2) is 29.2 Å². The van der Waals surface area contributed by atoms with Crippen LogP contribution in [0.4, 0.5) is 0 Å². The minimum atomic E-state index is -0.469. The summed E-state index contributed by atoms with van der Waals surface area (Å²) in [6.07, 6.45) is 4.61. The van der Waals surface area contributed by atoms with Crippen LogP contribution in [0.1, 0.15) is 31.2 Å². The molecule has 2 heteroatoms. The molecule has 74 valence electrons. The van der Waals surface area contributed by atoms with Crippen LogP contribution >= 0.6 is 11.8 Å². The zero-order valence-corrected chi connectivity index (χ0v) is 8.89. The SMILES string of the molecule is OC1(c2ccc(SC3CC3)cc2)CC1. The lowest BCUT2D eigenvalue weighted by molar-refractivity contribution is 0.151. The Labute approximate surface area is 88.5 Å². The van der Waals surface area contributed by atoms with Gasteiger partial charge in [0.05, 0.1) is 5.60 Å². The molecule has 2 fully saturated rings. The van der Waals surface area contributed by atoms with E-state index in [0.717, 1.165) is 23.7 Å². The molecule has 0 unspecified atom stereocenters. The molecule has 1 aromatic rings. The summed E-state index contributed by atoms with van der Waals surface area (Å²) >= 11 is 1.97. The third-order valence-electron chi connectivity index (χ3n) is 2.94. The Morgan fingerprint density at radius 3 is 2.29 bits per heavy atom. The second-order valence-corrected chi connectivity index (χ2v) is 5.75. The van der Waals surface area contributed by atoms with Gasteiger partial charge in [-0.15, -0.1) is 11.8 Å². The molecule has 2 saturated carbocycles. The molecule has 0 aromatic heterocycles. The molecule has 0 aliphatic heterocycles. The normalized spacial score (nSPS) is 23.5. The van der Waals surface area contributed by atoms with Crippen LogP contribution in [0.2, 0.25) is 0 Å². The van der Waals surface area contributed by atoms with Gasteiger partial charge in [-0.05, 0) is 43.4 Å². The van der Waals surface area contributed by atoms with Crippen molar-refractivity contribution < 1.29 is 5.11 Å². The fourth-order valence-corrected chi connectivity index (χ4v) is 2.68. The number of benzene rings is 1. The van der Waals surface area contributed by atoms with Crippen LogP contribution in [0, 0.1) is 0 Å². The maximum Gasteiger partial charge on any atom is 0.0899 e. The molecule has 0 radical (unpaired) electrons. The summed E-state index contributed by atoms with van der Waals surface area (Å²) in [6, 6.07) is 8.46. The summed E-state index contributed by atoms with van der Waals surface area (Å²) < 4.78 is 0. The topological polar surface area (TPSA) is 20.2 Å². The van der Waals surface area contributed by atoms with Gasteiger partial charge in [0.25, 0.3) is 0 Å².